The zero-order valence-corrected chi connectivity index (χ0v) is 13.8. The molecule has 0 atom stereocenters. The molecule has 2 N–H and O–H groups in total. The van der Waals surface area contributed by atoms with Crippen LogP contribution in [0.2, 0.25) is 0 Å². The van der Waals surface area contributed by atoms with Gasteiger partial charge in [0.05, 0.1) is 17.3 Å². The Balaban J connectivity index is 2.12. The number of sulfonamides is 1. The number of aliphatic hydroxyl groups is 1. The molecular weight excluding hydrogens is 312 g/mol. The number of rotatable bonds is 6. The third-order valence-corrected chi connectivity index (χ3v) is 5.57. The zero-order chi connectivity index (χ0) is 15.6. The number of nitrogens with zero attached hydrogens (tertiary/aromatic N) is 1. The van der Waals surface area contributed by atoms with E-state index in [4.69, 9.17) is 4.42 Å². The minimum Gasteiger partial charge on any atom is -0.465 e. The summed E-state index contributed by atoms with van der Waals surface area (Å²) in [5, 5.41) is 12.2. The molecule has 0 radical (unpaired) electrons. The lowest BCUT2D eigenvalue weighted by molar-refractivity contribution is 0.276. The summed E-state index contributed by atoms with van der Waals surface area (Å²) in [7, 11) is -3.70. The molecule has 0 spiro atoms. The van der Waals surface area contributed by atoms with Crippen molar-refractivity contribution in [2.75, 3.05) is 6.54 Å². The van der Waals surface area contributed by atoms with Gasteiger partial charge in [-0.15, -0.1) is 11.3 Å². The quantitative estimate of drug-likeness (QED) is 0.840. The number of aryl methyl sites for hydroxylation is 3. The van der Waals surface area contributed by atoms with Crippen molar-refractivity contribution >= 4 is 21.4 Å². The van der Waals surface area contributed by atoms with Crippen LogP contribution in [0.5, 0.6) is 0 Å². The lowest BCUT2D eigenvalue weighted by Crippen LogP contribution is -2.27. The molecule has 2 aromatic heterocycles. The van der Waals surface area contributed by atoms with E-state index in [1.54, 1.807) is 13.8 Å². The van der Waals surface area contributed by atoms with Gasteiger partial charge in [-0.05, 0) is 20.8 Å². The Labute approximate surface area is 127 Å². The second-order valence-corrected chi connectivity index (χ2v) is 7.45. The number of hydrogen-bond acceptors (Lipinski definition) is 6. The van der Waals surface area contributed by atoms with Gasteiger partial charge in [-0.25, -0.2) is 18.1 Å². The van der Waals surface area contributed by atoms with Gasteiger partial charge in [-0.1, -0.05) is 0 Å². The van der Waals surface area contributed by atoms with Gasteiger partial charge >= 0.3 is 0 Å². The van der Waals surface area contributed by atoms with Crippen LogP contribution in [0.4, 0.5) is 0 Å². The van der Waals surface area contributed by atoms with Crippen molar-refractivity contribution in [3.63, 3.8) is 0 Å². The van der Waals surface area contributed by atoms with E-state index < -0.39 is 10.0 Å². The fourth-order valence-electron chi connectivity index (χ4n) is 2.15. The van der Waals surface area contributed by atoms with E-state index in [0.717, 1.165) is 10.7 Å². The second-order valence-electron chi connectivity index (χ2n) is 4.69. The highest BCUT2D eigenvalue weighted by Crippen LogP contribution is 2.26. The smallest absolute Gasteiger partial charge is 0.244 e. The van der Waals surface area contributed by atoms with Crippen molar-refractivity contribution in [3.8, 4) is 0 Å². The molecule has 21 heavy (non-hydrogen) atoms. The second kappa shape index (κ2) is 6.27. The summed E-state index contributed by atoms with van der Waals surface area (Å²) in [4.78, 5) is 4.32. The molecule has 0 aliphatic rings. The average Bonchev–Trinajstić information content (AvgIpc) is 2.92. The van der Waals surface area contributed by atoms with Gasteiger partial charge in [0.2, 0.25) is 10.0 Å². The summed E-state index contributed by atoms with van der Waals surface area (Å²) in [6, 6.07) is 0. The molecule has 2 heterocycles. The first kappa shape index (κ1) is 16.2. The number of hydrogen-bond donors (Lipinski definition) is 2. The highest BCUT2D eigenvalue weighted by Gasteiger charge is 2.26. The van der Waals surface area contributed by atoms with Gasteiger partial charge in [0, 0.05) is 23.9 Å². The fraction of sp³-hybridized carbons (Fsp3) is 0.462. The molecule has 0 saturated heterocycles. The van der Waals surface area contributed by atoms with E-state index in [2.05, 4.69) is 9.71 Å². The Morgan fingerprint density at radius 1 is 1.33 bits per heavy atom. The van der Waals surface area contributed by atoms with Crippen molar-refractivity contribution in [1.82, 2.24) is 9.71 Å². The third-order valence-electron chi connectivity index (χ3n) is 3.09. The van der Waals surface area contributed by atoms with Crippen LogP contribution in [0.15, 0.2) is 14.7 Å². The molecule has 2 rings (SSSR count). The largest absolute Gasteiger partial charge is 0.465 e. The predicted octanol–water partition coefficient (Wildman–Crippen LogP) is 1.67. The van der Waals surface area contributed by atoms with Crippen LogP contribution in [0.3, 0.4) is 0 Å². The highest BCUT2D eigenvalue weighted by atomic mass is 32.2. The summed E-state index contributed by atoms with van der Waals surface area (Å²) < 4.78 is 32.5. The highest BCUT2D eigenvalue weighted by molar-refractivity contribution is 7.89. The maximum absolute atomic E-state index is 12.3. The summed E-state index contributed by atoms with van der Waals surface area (Å²) in [6.07, 6.45) is 0.522. The van der Waals surface area contributed by atoms with Gasteiger partial charge < -0.3 is 9.52 Å². The lowest BCUT2D eigenvalue weighted by atomic mass is 10.2. The third kappa shape index (κ3) is 3.52. The summed E-state index contributed by atoms with van der Waals surface area (Å²) >= 11 is 1.53. The Bertz CT molecular complexity index is 731. The van der Waals surface area contributed by atoms with Crippen LogP contribution in [-0.4, -0.2) is 25.1 Å². The molecule has 2 aromatic rings. The molecule has 0 aromatic carbocycles. The van der Waals surface area contributed by atoms with Crippen molar-refractivity contribution < 1.29 is 17.9 Å². The summed E-state index contributed by atoms with van der Waals surface area (Å²) in [6.45, 7) is 4.99. The van der Waals surface area contributed by atoms with Crippen LogP contribution in [-0.2, 0) is 23.1 Å². The first-order chi connectivity index (χ1) is 9.85. The zero-order valence-electron chi connectivity index (χ0n) is 12.1. The maximum atomic E-state index is 12.3. The van der Waals surface area contributed by atoms with E-state index in [9.17, 15) is 13.5 Å². The van der Waals surface area contributed by atoms with E-state index in [-0.39, 0.29) is 23.8 Å². The number of furan rings is 1. The molecule has 6 nitrogen and oxygen atoms in total. The van der Waals surface area contributed by atoms with E-state index in [0.29, 0.717) is 17.7 Å². The molecule has 0 bridgehead atoms. The minimum atomic E-state index is -3.70. The molecule has 0 aliphatic carbocycles. The van der Waals surface area contributed by atoms with E-state index >= 15 is 0 Å². The SMILES string of the molecule is Cc1nc(CCNS(=O)(=O)c2c(C)oc(C)c2CO)cs1. The van der Waals surface area contributed by atoms with Gasteiger partial charge in [0.25, 0.3) is 0 Å². The first-order valence-electron chi connectivity index (χ1n) is 6.45. The monoisotopic (exact) mass is 330 g/mol. The number of aliphatic hydroxyl groups excluding tert-OH is 1. The van der Waals surface area contributed by atoms with Crippen LogP contribution in [0, 0.1) is 20.8 Å². The standard InChI is InChI=1S/C13H18N2O4S2/c1-8-12(6-16)13(9(2)19-8)21(17,18)14-5-4-11-7-20-10(3)15-11/h7,14,16H,4-6H2,1-3H3. The topological polar surface area (TPSA) is 92.4 Å². The number of thiazole rings is 1. The first-order valence-corrected chi connectivity index (χ1v) is 8.82. The Morgan fingerprint density at radius 2 is 2.05 bits per heavy atom. The molecule has 0 aliphatic heterocycles. The molecule has 116 valence electrons. The molecule has 0 unspecified atom stereocenters. The van der Waals surface area contributed by atoms with Crippen LogP contribution in [0.25, 0.3) is 0 Å². The van der Waals surface area contributed by atoms with Gasteiger partial charge in [-0.2, -0.15) is 0 Å². The summed E-state index contributed by atoms with van der Waals surface area (Å²) in [5.41, 5.74) is 1.17. The molecule has 0 saturated carbocycles. The van der Waals surface area contributed by atoms with E-state index in [1.165, 1.54) is 11.3 Å². The van der Waals surface area contributed by atoms with Crippen LogP contribution in [0.1, 0.15) is 27.8 Å². The lowest BCUT2D eigenvalue weighted by Gasteiger charge is -2.06. The predicted molar refractivity (Wildman–Crippen MR) is 79.8 cm³/mol. The maximum Gasteiger partial charge on any atom is 0.244 e. The van der Waals surface area contributed by atoms with Gasteiger partial charge in [0.15, 0.2) is 0 Å². The van der Waals surface area contributed by atoms with E-state index in [1.807, 2.05) is 12.3 Å². The molecular formula is C13H18N2O4S2. The van der Waals surface area contributed by atoms with Crippen molar-refractivity contribution in [2.45, 2.75) is 38.7 Å². The normalized spacial score (nSPS) is 12.0. The Hall–Kier alpha value is -1.22. The number of nitrogens with one attached hydrogen (secondary N) is 1. The summed E-state index contributed by atoms with van der Waals surface area (Å²) in [5.74, 6) is 0.707. The molecule has 0 amide bonds. The van der Waals surface area contributed by atoms with Gasteiger partial charge in [0.1, 0.15) is 16.4 Å². The molecule has 0 fully saturated rings. The van der Waals surface area contributed by atoms with Crippen LogP contribution >= 0.6 is 11.3 Å². The Morgan fingerprint density at radius 3 is 2.62 bits per heavy atom. The molecule has 8 heteroatoms. The van der Waals surface area contributed by atoms with Crippen molar-refractivity contribution in [1.29, 1.82) is 0 Å². The van der Waals surface area contributed by atoms with Crippen molar-refractivity contribution in [2.24, 2.45) is 0 Å². The minimum absolute atomic E-state index is 0.0389. The Kier molecular flexibility index (Phi) is 4.82. The fourth-order valence-corrected chi connectivity index (χ4v) is 4.27. The van der Waals surface area contributed by atoms with Crippen LogP contribution < -0.4 is 4.72 Å². The average molecular weight is 330 g/mol. The van der Waals surface area contributed by atoms with Gasteiger partial charge in [-0.3, -0.25) is 0 Å². The number of aromatic nitrogens is 1. The van der Waals surface area contributed by atoms with Crippen molar-refractivity contribution in [3.05, 3.63) is 33.2 Å².